The van der Waals surface area contributed by atoms with Crippen LogP contribution in [-0.2, 0) is 9.84 Å². The van der Waals surface area contributed by atoms with E-state index < -0.39 is 15.9 Å². The molecule has 0 saturated heterocycles. The van der Waals surface area contributed by atoms with Crippen molar-refractivity contribution < 1.29 is 13.5 Å². The van der Waals surface area contributed by atoms with Crippen molar-refractivity contribution in [1.82, 2.24) is 5.32 Å². The first kappa shape index (κ1) is 14.5. The molecule has 1 atom stereocenters. The Balaban J connectivity index is 1.90. The van der Waals surface area contributed by atoms with Crippen molar-refractivity contribution >= 4 is 9.84 Å². The Morgan fingerprint density at radius 3 is 2.37 bits per heavy atom. The van der Waals surface area contributed by atoms with Gasteiger partial charge < -0.3 is 10.4 Å². The molecule has 1 unspecified atom stereocenters. The minimum atomic E-state index is -3.17. The second kappa shape index (κ2) is 5.61. The van der Waals surface area contributed by atoms with Gasteiger partial charge in [-0.1, -0.05) is 19.1 Å². The molecule has 106 valence electrons. The van der Waals surface area contributed by atoms with Crippen LogP contribution in [0.3, 0.4) is 0 Å². The van der Waals surface area contributed by atoms with Crippen LogP contribution in [0.2, 0.25) is 0 Å². The van der Waals surface area contributed by atoms with Gasteiger partial charge >= 0.3 is 0 Å². The molecule has 0 radical (unpaired) electrons. The van der Waals surface area contributed by atoms with Gasteiger partial charge in [0.05, 0.1) is 11.0 Å². The fraction of sp³-hybridized carbons (Fsp3) is 0.571. The first-order valence-corrected chi connectivity index (χ1v) is 8.47. The monoisotopic (exact) mass is 283 g/mol. The molecule has 0 aromatic heterocycles. The summed E-state index contributed by atoms with van der Waals surface area (Å²) in [4.78, 5) is 0.282. The normalized spacial score (nSPS) is 24.8. The van der Waals surface area contributed by atoms with Crippen LogP contribution >= 0.6 is 0 Å². The molecule has 1 saturated carbocycles. The van der Waals surface area contributed by atoms with Crippen LogP contribution in [0, 0.1) is 5.92 Å². The minimum Gasteiger partial charge on any atom is -0.387 e. The summed E-state index contributed by atoms with van der Waals surface area (Å²) in [5.74, 6) is 0.781. The maximum absolute atomic E-state index is 11.3. The summed E-state index contributed by atoms with van der Waals surface area (Å²) in [7, 11) is -3.17. The van der Waals surface area contributed by atoms with Gasteiger partial charge in [0.2, 0.25) is 0 Å². The maximum Gasteiger partial charge on any atom is 0.175 e. The van der Waals surface area contributed by atoms with Crippen molar-refractivity contribution in [1.29, 1.82) is 0 Å². The van der Waals surface area contributed by atoms with E-state index in [0.29, 0.717) is 12.6 Å². The van der Waals surface area contributed by atoms with Crippen molar-refractivity contribution in [3.05, 3.63) is 29.8 Å². The van der Waals surface area contributed by atoms with Crippen molar-refractivity contribution in [2.24, 2.45) is 5.92 Å². The predicted molar refractivity (Wildman–Crippen MR) is 74.7 cm³/mol. The molecular formula is C14H21NO3S. The van der Waals surface area contributed by atoms with E-state index in [-0.39, 0.29) is 4.90 Å². The molecule has 5 heteroatoms. The van der Waals surface area contributed by atoms with Crippen molar-refractivity contribution in [2.45, 2.75) is 36.8 Å². The highest BCUT2D eigenvalue weighted by molar-refractivity contribution is 7.90. The van der Waals surface area contributed by atoms with Gasteiger partial charge in [0, 0.05) is 18.8 Å². The van der Waals surface area contributed by atoms with Gasteiger partial charge in [0.25, 0.3) is 0 Å². The molecule has 0 amide bonds. The molecule has 1 fully saturated rings. The van der Waals surface area contributed by atoms with Gasteiger partial charge in [-0.25, -0.2) is 8.42 Å². The van der Waals surface area contributed by atoms with E-state index in [0.717, 1.165) is 11.5 Å². The molecule has 4 nitrogen and oxygen atoms in total. The number of nitrogens with one attached hydrogen (secondary N) is 1. The Labute approximate surface area is 114 Å². The summed E-state index contributed by atoms with van der Waals surface area (Å²) in [6.07, 6.45) is 2.92. The van der Waals surface area contributed by atoms with Gasteiger partial charge in [0.15, 0.2) is 9.84 Å². The standard InChI is InChI=1S/C14H21NO3S/c1-10-7-12(8-10)15-9-14(16)11-3-5-13(6-4-11)19(2,17)18/h3-6,10,12,14-16H,7-9H2,1-2H3. The van der Waals surface area contributed by atoms with Crippen LogP contribution in [0.4, 0.5) is 0 Å². The summed E-state index contributed by atoms with van der Waals surface area (Å²) < 4.78 is 22.7. The van der Waals surface area contributed by atoms with E-state index in [1.165, 1.54) is 19.1 Å². The summed E-state index contributed by atoms with van der Waals surface area (Å²) >= 11 is 0. The third-order valence-electron chi connectivity index (χ3n) is 3.67. The SMILES string of the molecule is CC1CC(NCC(O)c2ccc(S(C)(=O)=O)cc2)C1. The van der Waals surface area contributed by atoms with Gasteiger partial charge in [-0.05, 0) is 36.5 Å². The number of benzene rings is 1. The molecule has 0 spiro atoms. The van der Waals surface area contributed by atoms with Crippen LogP contribution < -0.4 is 5.32 Å². The third kappa shape index (κ3) is 3.78. The molecule has 2 rings (SSSR count). The predicted octanol–water partition coefficient (Wildman–Crippen LogP) is 1.51. The summed E-state index contributed by atoms with van der Waals surface area (Å²) in [5, 5.41) is 13.4. The first-order valence-electron chi connectivity index (χ1n) is 6.57. The lowest BCUT2D eigenvalue weighted by Gasteiger charge is -2.34. The molecule has 0 heterocycles. The fourth-order valence-corrected chi connectivity index (χ4v) is 3.03. The Morgan fingerprint density at radius 1 is 1.32 bits per heavy atom. The number of rotatable bonds is 5. The Morgan fingerprint density at radius 2 is 1.89 bits per heavy atom. The average Bonchev–Trinajstić information content (AvgIpc) is 2.32. The van der Waals surface area contributed by atoms with Gasteiger partial charge in [-0.2, -0.15) is 0 Å². The molecule has 1 aromatic carbocycles. The van der Waals surface area contributed by atoms with Gasteiger partial charge in [-0.3, -0.25) is 0 Å². The van der Waals surface area contributed by atoms with E-state index >= 15 is 0 Å². The topological polar surface area (TPSA) is 66.4 Å². The lowest BCUT2D eigenvalue weighted by molar-refractivity contribution is 0.150. The second-order valence-electron chi connectivity index (χ2n) is 5.54. The second-order valence-corrected chi connectivity index (χ2v) is 7.55. The van der Waals surface area contributed by atoms with Crippen molar-refractivity contribution in [3.8, 4) is 0 Å². The highest BCUT2D eigenvalue weighted by atomic mass is 32.2. The molecule has 1 aliphatic rings. The number of aliphatic hydroxyl groups is 1. The largest absolute Gasteiger partial charge is 0.387 e. The highest BCUT2D eigenvalue weighted by Crippen LogP contribution is 2.26. The third-order valence-corrected chi connectivity index (χ3v) is 4.80. The van der Waals surface area contributed by atoms with Gasteiger partial charge in [-0.15, -0.1) is 0 Å². The quantitative estimate of drug-likeness (QED) is 0.859. The van der Waals surface area contributed by atoms with E-state index in [4.69, 9.17) is 0 Å². The Hall–Kier alpha value is -0.910. The number of sulfone groups is 1. The first-order chi connectivity index (χ1) is 8.86. The zero-order chi connectivity index (χ0) is 14.0. The maximum atomic E-state index is 11.3. The zero-order valence-corrected chi connectivity index (χ0v) is 12.2. The van der Waals surface area contributed by atoms with Crippen LogP contribution in [0.1, 0.15) is 31.4 Å². The number of hydrogen-bond donors (Lipinski definition) is 2. The molecular weight excluding hydrogens is 262 g/mol. The van der Waals surface area contributed by atoms with Crippen molar-refractivity contribution in [3.63, 3.8) is 0 Å². The molecule has 0 aliphatic heterocycles. The lowest BCUT2D eigenvalue weighted by Crippen LogP contribution is -2.41. The van der Waals surface area contributed by atoms with Gasteiger partial charge in [0.1, 0.15) is 0 Å². The van der Waals surface area contributed by atoms with Crippen LogP contribution in [0.15, 0.2) is 29.2 Å². The summed E-state index contributed by atoms with van der Waals surface area (Å²) in [6, 6.07) is 6.94. The number of hydrogen-bond acceptors (Lipinski definition) is 4. The Kier molecular flexibility index (Phi) is 4.28. The molecule has 0 bridgehead atoms. The fourth-order valence-electron chi connectivity index (χ4n) is 2.40. The van der Waals surface area contributed by atoms with E-state index in [1.807, 2.05) is 0 Å². The van der Waals surface area contributed by atoms with E-state index in [9.17, 15) is 13.5 Å². The molecule has 1 aromatic rings. The molecule has 2 N–H and O–H groups in total. The summed E-state index contributed by atoms with van der Waals surface area (Å²) in [5.41, 5.74) is 0.743. The zero-order valence-electron chi connectivity index (χ0n) is 11.3. The Bertz CT molecular complexity index is 518. The molecule has 1 aliphatic carbocycles. The minimum absolute atomic E-state index is 0.282. The molecule has 19 heavy (non-hydrogen) atoms. The van der Waals surface area contributed by atoms with E-state index in [2.05, 4.69) is 12.2 Å². The average molecular weight is 283 g/mol. The van der Waals surface area contributed by atoms with Crippen LogP contribution in [0.25, 0.3) is 0 Å². The van der Waals surface area contributed by atoms with Crippen LogP contribution in [-0.4, -0.2) is 32.4 Å². The smallest absolute Gasteiger partial charge is 0.175 e. The van der Waals surface area contributed by atoms with E-state index in [1.54, 1.807) is 24.3 Å². The number of aliphatic hydroxyl groups excluding tert-OH is 1. The summed E-state index contributed by atoms with van der Waals surface area (Å²) in [6.45, 7) is 2.73. The van der Waals surface area contributed by atoms with Crippen LogP contribution in [0.5, 0.6) is 0 Å². The lowest BCUT2D eigenvalue weighted by atomic mass is 9.82. The highest BCUT2D eigenvalue weighted by Gasteiger charge is 2.25. The van der Waals surface area contributed by atoms with Crippen molar-refractivity contribution in [2.75, 3.05) is 12.8 Å².